The van der Waals surface area contributed by atoms with Crippen LogP contribution in [0.1, 0.15) is 37.7 Å². The molecule has 2 aromatic rings. The molecule has 0 atom stereocenters. The van der Waals surface area contributed by atoms with Gasteiger partial charge in [0.05, 0.1) is 21.7 Å². The maximum absolute atomic E-state index is 13.5. The minimum atomic E-state index is -0.131. The van der Waals surface area contributed by atoms with Crippen LogP contribution in [0.15, 0.2) is 34.0 Å². The van der Waals surface area contributed by atoms with Crippen LogP contribution in [0.25, 0.3) is 17.0 Å². The van der Waals surface area contributed by atoms with Crippen molar-refractivity contribution < 1.29 is 9.53 Å². The fourth-order valence-corrected chi connectivity index (χ4v) is 5.75. The Balaban J connectivity index is 1.82. The minimum Gasteiger partial charge on any atom is -0.385 e. The Labute approximate surface area is 198 Å². The third kappa shape index (κ3) is 4.49. The normalized spacial score (nSPS) is 18.8. The summed E-state index contributed by atoms with van der Waals surface area (Å²) in [6.45, 7) is 2.91. The lowest BCUT2D eigenvalue weighted by molar-refractivity contribution is -0.122. The van der Waals surface area contributed by atoms with Gasteiger partial charge in [0.15, 0.2) is 0 Å². The summed E-state index contributed by atoms with van der Waals surface area (Å²) < 4.78 is 7.32. The molecule has 2 aliphatic heterocycles. The number of carbonyl (C=O) groups is 1. The molecule has 0 spiro atoms. The molecule has 2 fully saturated rings. The summed E-state index contributed by atoms with van der Waals surface area (Å²) in [7, 11) is 3.44. The van der Waals surface area contributed by atoms with Gasteiger partial charge in [-0.2, -0.15) is 0 Å². The molecule has 0 aliphatic carbocycles. The molecule has 2 saturated heterocycles. The lowest BCUT2D eigenvalue weighted by atomic mass is 10.1. The van der Waals surface area contributed by atoms with Crippen LogP contribution in [0.5, 0.6) is 0 Å². The van der Waals surface area contributed by atoms with Crippen molar-refractivity contribution in [2.45, 2.75) is 32.1 Å². The molecule has 3 heterocycles. The largest absolute Gasteiger partial charge is 0.385 e. The topological polar surface area (TPSA) is 54.8 Å². The number of rotatable bonds is 6. The molecule has 2 aliphatic rings. The summed E-state index contributed by atoms with van der Waals surface area (Å²) in [6, 6.07) is 8.02. The number of benzene rings is 1. The number of fused-ring (bicyclic) bond motifs is 1. The van der Waals surface area contributed by atoms with E-state index in [2.05, 4.69) is 11.0 Å². The predicted octanol–water partition coefficient (Wildman–Crippen LogP) is 4.16. The Kier molecular flexibility index (Phi) is 7.33. The number of ether oxygens (including phenoxy) is 1. The molecule has 170 valence electrons. The van der Waals surface area contributed by atoms with E-state index in [9.17, 15) is 9.59 Å². The third-order valence-electron chi connectivity index (χ3n) is 6.11. The number of hydrogen-bond acceptors (Lipinski definition) is 6. The smallest absolute Gasteiger partial charge is 0.266 e. The van der Waals surface area contributed by atoms with E-state index in [1.807, 2.05) is 18.2 Å². The molecule has 6 nitrogen and oxygen atoms in total. The lowest BCUT2D eigenvalue weighted by Gasteiger charge is -2.27. The van der Waals surface area contributed by atoms with Crippen molar-refractivity contribution in [3.8, 4) is 0 Å². The van der Waals surface area contributed by atoms with E-state index in [4.69, 9.17) is 17.0 Å². The average molecular weight is 472 g/mol. The SMILES string of the molecule is COCCCN1C(=O)C(=Cc2c(N3CCCCCC3)c3ccccc3n(C)c2=O)SC1=S. The summed E-state index contributed by atoms with van der Waals surface area (Å²) in [4.78, 5) is 31.1. The first-order valence-electron chi connectivity index (χ1n) is 11.1. The van der Waals surface area contributed by atoms with Gasteiger partial charge in [0.2, 0.25) is 0 Å². The first-order valence-corrected chi connectivity index (χ1v) is 12.4. The van der Waals surface area contributed by atoms with E-state index >= 15 is 0 Å². The molecule has 0 N–H and O–H groups in total. The van der Waals surface area contributed by atoms with Crippen molar-refractivity contribution in [3.05, 3.63) is 45.1 Å². The van der Waals surface area contributed by atoms with Crippen LogP contribution < -0.4 is 10.5 Å². The maximum atomic E-state index is 13.5. The van der Waals surface area contributed by atoms with Crippen molar-refractivity contribution in [2.75, 3.05) is 38.3 Å². The number of thioether (sulfide) groups is 1. The molecule has 0 radical (unpaired) electrons. The van der Waals surface area contributed by atoms with Gasteiger partial charge in [0.1, 0.15) is 4.32 Å². The van der Waals surface area contributed by atoms with Gasteiger partial charge in [-0.05, 0) is 31.4 Å². The van der Waals surface area contributed by atoms with Gasteiger partial charge in [0, 0.05) is 45.8 Å². The summed E-state index contributed by atoms with van der Waals surface area (Å²) in [5.74, 6) is -0.131. The quantitative estimate of drug-likeness (QED) is 0.358. The first kappa shape index (κ1) is 23.0. The molecular weight excluding hydrogens is 442 g/mol. The van der Waals surface area contributed by atoms with Crippen LogP contribution in [0, 0.1) is 0 Å². The summed E-state index contributed by atoms with van der Waals surface area (Å²) >= 11 is 6.74. The number of pyridine rings is 1. The molecule has 0 bridgehead atoms. The monoisotopic (exact) mass is 471 g/mol. The van der Waals surface area contributed by atoms with E-state index in [-0.39, 0.29) is 11.5 Å². The van der Waals surface area contributed by atoms with Crippen LogP contribution in [0.3, 0.4) is 0 Å². The summed E-state index contributed by atoms with van der Waals surface area (Å²) in [5, 5.41) is 1.04. The maximum Gasteiger partial charge on any atom is 0.266 e. The number of carbonyl (C=O) groups excluding carboxylic acids is 1. The standard InChI is InChI=1S/C24H29N3O3S2/c1-25-19-11-6-5-10-17(19)21(26-12-7-3-4-8-13-26)18(22(25)28)16-20-23(29)27(24(31)32-20)14-9-15-30-2/h5-6,10-11,16H,3-4,7-9,12-15H2,1-2H3. The highest BCUT2D eigenvalue weighted by Gasteiger charge is 2.32. The number of aromatic nitrogens is 1. The zero-order valence-electron chi connectivity index (χ0n) is 18.6. The van der Waals surface area contributed by atoms with Gasteiger partial charge in [-0.1, -0.05) is 55.0 Å². The lowest BCUT2D eigenvalue weighted by Crippen LogP contribution is -2.31. The van der Waals surface area contributed by atoms with Gasteiger partial charge >= 0.3 is 0 Å². The molecule has 1 aromatic heterocycles. The number of aryl methyl sites for hydroxylation is 1. The molecule has 4 rings (SSSR count). The third-order valence-corrected chi connectivity index (χ3v) is 7.49. The number of nitrogens with zero attached hydrogens (tertiary/aromatic N) is 3. The molecule has 0 unspecified atom stereocenters. The number of para-hydroxylation sites is 1. The fraction of sp³-hybridized carbons (Fsp3) is 0.458. The van der Waals surface area contributed by atoms with Crippen molar-refractivity contribution >= 4 is 56.9 Å². The number of anilines is 1. The minimum absolute atomic E-state index is 0.0902. The Bertz CT molecular complexity index is 1120. The van der Waals surface area contributed by atoms with Crippen molar-refractivity contribution in [2.24, 2.45) is 7.05 Å². The second-order valence-corrected chi connectivity index (χ2v) is 9.90. The Hall–Kier alpha value is -2.16. The number of methoxy groups -OCH3 is 1. The highest BCUT2D eigenvalue weighted by atomic mass is 32.2. The number of thiocarbonyl (C=S) groups is 1. The van der Waals surface area contributed by atoms with Gasteiger partial charge in [-0.3, -0.25) is 14.5 Å². The highest BCUT2D eigenvalue weighted by Crippen LogP contribution is 2.36. The van der Waals surface area contributed by atoms with Crippen LogP contribution in [-0.4, -0.2) is 53.0 Å². The number of hydrogen-bond donors (Lipinski definition) is 0. The zero-order chi connectivity index (χ0) is 22.7. The molecule has 1 amide bonds. The molecule has 1 aromatic carbocycles. The fourth-order valence-electron chi connectivity index (χ4n) is 4.46. The molecule has 0 saturated carbocycles. The van der Waals surface area contributed by atoms with Gasteiger partial charge < -0.3 is 14.2 Å². The van der Waals surface area contributed by atoms with Crippen molar-refractivity contribution in [1.29, 1.82) is 0 Å². The Morgan fingerprint density at radius 3 is 2.56 bits per heavy atom. The van der Waals surface area contributed by atoms with E-state index in [1.54, 1.807) is 29.7 Å². The second-order valence-electron chi connectivity index (χ2n) is 8.22. The summed E-state index contributed by atoms with van der Waals surface area (Å²) in [6.07, 6.45) is 7.09. The van der Waals surface area contributed by atoms with Crippen LogP contribution >= 0.6 is 24.0 Å². The van der Waals surface area contributed by atoms with Gasteiger partial charge in [-0.25, -0.2) is 0 Å². The average Bonchev–Trinajstić information content (AvgIpc) is 2.96. The molecule has 32 heavy (non-hydrogen) atoms. The van der Waals surface area contributed by atoms with E-state index < -0.39 is 0 Å². The van der Waals surface area contributed by atoms with E-state index in [0.717, 1.165) is 42.5 Å². The van der Waals surface area contributed by atoms with Crippen LogP contribution in [0.2, 0.25) is 0 Å². The first-order chi connectivity index (χ1) is 15.5. The molecular formula is C24H29N3O3S2. The van der Waals surface area contributed by atoms with Gasteiger partial charge in [0.25, 0.3) is 11.5 Å². The highest BCUT2D eigenvalue weighted by molar-refractivity contribution is 8.26. The van der Waals surface area contributed by atoms with Gasteiger partial charge in [-0.15, -0.1) is 0 Å². The predicted molar refractivity (Wildman–Crippen MR) is 136 cm³/mol. The second kappa shape index (κ2) is 10.2. The van der Waals surface area contributed by atoms with Crippen LogP contribution in [-0.2, 0) is 16.6 Å². The Morgan fingerprint density at radius 1 is 1.12 bits per heavy atom. The van der Waals surface area contributed by atoms with Crippen molar-refractivity contribution in [1.82, 2.24) is 9.47 Å². The van der Waals surface area contributed by atoms with Crippen molar-refractivity contribution in [3.63, 3.8) is 0 Å². The van der Waals surface area contributed by atoms with Crippen LogP contribution in [0.4, 0.5) is 5.69 Å². The van der Waals surface area contributed by atoms with E-state index in [1.165, 1.54) is 24.6 Å². The zero-order valence-corrected chi connectivity index (χ0v) is 20.3. The summed E-state index contributed by atoms with van der Waals surface area (Å²) in [5.41, 5.74) is 2.33. The number of amides is 1. The van der Waals surface area contributed by atoms with E-state index in [0.29, 0.717) is 34.4 Å². The Morgan fingerprint density at radius 2 is 1.84 bits per heavy atom. The molecule has 8 heteroatoms.